The number of amides is 1. The van der Waals surface area contributed by atoms with Crippen LogP contribution in [0.4, 0.5) is 31.5 Å². The van der Waals surface area contributed by atoms with Crippen LogP contribution in [0, 0.1) is 6.92 Å². The molecule has 0 aromatic carbocycles. The predicted octanol–water partition coefficient (Wildman–Crippen LogP) is 2.82. The molecule has 1 rings (SSSR count). The van der Waals surface area contributed by atoms with Gasteiger partial charge in [-0.15, -0.1) is 11.3 Å². The fraction of sp³-hybridized carbons (Fsp3) is 0.556. The van der Waals surface area contributed by atoms with E-state index in [4.69, 9.17) is 0 Å². The molecule has 0 atom stereocenters. The number of carbonyl (C=O) groups is 1. The molecule has 1 amide bonds. The van der Waals surface area contributed by atoms with Crippen LogP contribution in [0.5, 0.6) is 0 Å². The van der Waals surface area contributed by atoms with Crippen molar-refractivity contribution in [1.82, 2.24) is 10.3 Å². The van der Waals surface area contributed by atoms with Crippen molar-refractivity contribution in [2.24, 2.45) is 0 Å². The number of alkyl halides is 6. The van der Waals surface area contributed by atoms with E-state index in [1.807, 2.05) is 0 Å². The van der Waals surface area contributed by atoms with Crippen LogP contribution in [-0.2, 0) is 4.79 Å². The van der Waals surface area contributed by atoms with Gasteiger partial charge in [-0.25, -0.2) is 4.98 Å². The van der Waals surface area contributed by atoms with E-state index in [2.05, 4.69) is 4.98 Å². The van der Waals surface area contributed by atoms with Crippen LogP contribution in [-0.4, -0.2) is 28.9 Å². The van der Waals surface area contributed by atoms with E-state index >= 15 is 0 Å². The first-order valence-electron chi connectivity index (χ1n) is 5.02. The zero-order valence-corrected chi connectivity index (χ0v) is 10.9. The van der Waals surface area contributed by atoms with E-state index in [0.29, 0.717) is 23.1 Å². The number of carbonyl (C=O) groups excluding carboxylic acids is 1. The third-order valence-corrected chi connectivity index (χ3v) is 2.96. The Labute approximate surface area is 113 Å². The molecule has 0 saturated carbocycles. The topological polar surface area (TPSA) is 54.0 Å². The van der Waals surface area contributed by atoms with Crippen molar-refractivity contribution in [2.45, 2.75) is 31.9 Å². The molecule has 0 unspecified atom stereocenters. The lowest BCUT2D eigenvalue weighted by Crippen LogP contribution is -2.71. The van der Waals surface area contributed by atoms with Gasteiger partial charge in [-0.3, -0.25) is 4.79 Å². The Kier molecular flexibility index (Phi) is 4.22. The lowest BCUT2D eigenvalue weighted by Gasteiger charge is -2.37. The zero-order valence-electron chi connectivity index (χ0n) is 10.1. The lowest BCUT2D eigenvalue weighted by atomic mass is 10.1. The molecule has 20 heavy (non-hydrogen) atoms. The Hall–Kier alpha value is -1.52. The van der Waals surface area contributed by atoms with Crippen LogP contribution in [0.15, 0.2) is 6.20 Å². The van der Waals surface area contributed by atoms with E-state index in [-0.39, 0.29) is 0 Å². The molecule has 4 nitrogen and oxygen atoms in total. The molecule has 11 heteroatoms. The second kappa shape index (κ2) is 5.11. The number of aryl methyl sites for hydroxylation is 1. The minimum Gasteiger partial charge on any atom is -0.324 e. The summed E-state index contributed by atoms with van der Waals surface area (Å²) < 4.78 is 77.4. The van der Waals surface area contributed by atoms with Gasteiger partial charge in [-0.2, -0.15) is 26.3 Å². The molecule has 1 heterocycles. The highest BCUT2D eigenvalue weighted by Gasteiger charge is 2.72. The van der Waals surface area contributed by atoms with Crippen LogP contribution in [0.3, 0.4) is 0 Å². The molecule has 0 aliphatic heterocycles. The third kappa shape index (κ3) is 3.14. The first-order valence-corrected chi connectivity index (χ1v) is 5.83. The van der Waals surface area contributed by atoms with Gasteiger partial charge < -0.3 is 10.6 Å². The molecule has 0 aliphatic rings. The summed E-state index contributed by atoms with van der Waals surface area (Å²) in [6, 6.07) is 0. The SMILES string of the molecule is CC(=O)NC(Nc1ncc(C)s1)(C(F)(F)F)C(F)(F)F. The first kappa shape index (κ1) is 16.5. The second-order valence-electron chi connectivity index (χ2n) is 3.83. The molecular weight excluding hydrogens is 312 g/mol. The van der Waals surface area contributed by atoms with Crippen LogP contribution >= 0.6 is 11.3 Å². The Bertz CT molecular complexity index is 481. The molecule has 114 valence electrons. The molecule has 1 aromatic heterocycles. The van der Waals surface area contributed by atoms with Gasteiger partial charge in [0.05, 0.1) is 0 Å². The van der Waals surface area contributed by atoms with Crippen LogP contribution in [0.1, 0.15) is 11.8 Å². The fourth-order valence-corrected chi connectivity index (χ4v) is 2.03. The average molecular weight is 321 g/mol. The van der Waals surface area contributed by atoms with Gasteiger partial charge in [0.25, 0.3) is 0 Å². The van der Waals surface area contributed by atoms with Gasteiger partial charge >= 0.3 is 18.0 Å². The summed E-state index contributed by atoms with van der Waals surface area (Å²) in [5, 5.41) is 1.54. The van der Waals surface area contributed by atoms with Crippen molar-refractivity contribution in [2.75, 3.05) is 5.32 Å². The molecule has 0 bridgehead atoms. The summed E-state index contributed by atoms with van der Waals surface area (Å²) in [6.45, 7) is 2.02. The minimum atomic E-state index is -5.81. The molecule has 1 aromatic rings. The maximum absolute atomic E-state index is 12.9. The monoisotopic (exact) mass is 321 g/mol. The molecule has 0 saturated heterocycles. The normalized spacial score (nSPS) is 13.2. The molecule has 0 aliphatic carbocycles. The lowest BCUT2D eigenvalue weighted by molar-refractivity contribution is -0.295. The number of anilines is 1. The summed E-state index contributed by atoms with van der Waals surface area (Å²) in [7, 11) is 0. The molecule has 2 N–H and O–H groups in total. The zero-order chi connectivity index (χ0) is 15.8. The van der Waals surface area contributed by atoms with E-state index in [9.17, 15) is 31.1 Å². The summed E-state index contributed by atoms with van der Waals surface area (Å²) >= 11 is 0.600. The average Bonchev–Trinajstić information content (AvgIpc) is 2.58. The van der Waals surface area contributed by atoms with Gasteiger partial charge in [0.2, 0.25) is 5.91 Å². The standard InChI is InChI=1S/C9H9F6N3OS/c1-4-3-16-6(20-4)18-7(8(10,11)12,9(13,14)15)17-5(2)19/h3H,1-2H3,(H,16,18)(H,17,19). The highest BCUT2D eigenvalue weighted by Crippen LogP contribution is 2.43. The van der Waals surface area contributed by atoms with Crippen molar-refractivity contribution < 1.29 is 31.1 Å². The van der Waals surface area contributed by atoms with Crippen LogP contribution in [0.25, 0.3) is 0 Å². The van der Waals surface area contributed by atoms with E-state index in [1.165, 1.54) is 12.2 Å². The molecule has 0 spiro atoms. The molecule has 0 fully saturated rings. The molecule has 0 radical (unpaired) electrons. The van der Waals surface area contributed by atoms with Crippen molar-refractivity contribution in [3.05, 3.63) is 11.1 Å². The van der Waals surface area contributed by atoms with Gasteiger partial charge in [0, 0.05) is 18.0 Å². The maximum Gasteiger partial charge on any atom is 0.439 e. The van der Waals surface area contributed by atoms with Gasteiger partial charge in [-0.05, 0) is 6.92 Å². The van der Waals surface area contributed by atoms with Crippen LogP contribution in [0.2, 0.25) is 0 Å². The number of aromatic nitrogens is 1. The van der Waals surface area contributed by atoms with Crippen molar-refractivity contribution >= 4 is 22.4 Å². The van der Waals surface area contributed by atoms with E-state index < -0.39 is 29.1 Å². The Morgan fingerprint density at radius 3 is 2.00 bits per heavy atom. The van der Waals surface area contributed by atoms with Crippen LogP contribution < -0.4 is 10.6 Å². The number of hydrogen-bond donors (Lipinski definition) is 2. The van der Waals surface area contributed by atoms with Gasteiger partial charge in [0.15, 0.2) is 5.13 Å². The highest BCUT2D eigenvalue weighted by atomic mass is 32.1. The van der Waals surface area contributed by atoms with Crippen molar-refractivity contribution in [1.29, 1.82) is 0 Å². The maximum atomic E-state index is 12.9. The van der Waals surface area contributed by atoms with Crippen molar-refractivity contribution in [3.63, 3.8) is 0 Å². The van der Waals surface area contributed by atoms with Gasteiger partial charge in [-0.1, -0.05) is 0 Å². The largest absolute Gasteiger partial charge is 0.439 e. The number of nitrogens with one attached hydrogen (secondary N) is 2. The van der Waals surface area contributed by atoms with Gasteiger partial charge in [0.1, 0.15) is 0 Å². The molecular formula is C9H9F6N3OS. The third-order valence-electron chi connectivity index (χ3n) is 2.13. The highest BCUT2D eigenvalue weighted by molar-refractivity contribution is 7.15. The summed E-state index contributed by atoms with van der Waals surface area (Å²) in [4.78, 5) is 14.6. The second-order valence-corrected chi connectivity index (χ2v) is 5.06. The first-order chi connectivity index (χ1) is 8.89. The van der Waals surface area contributed by atoms with E-state index in [1.54, 1.807) is 0 Å². The van der Waals surface area contributed by atoms with Crippen molar-refractivity contribution in [3.8, 4) is 0 Å². The quantitative estimate of drug-likeness (QED) is 0.665. The number of hydrogen-bond acceptors (Lipinski definition) is 4. The minimum absolute atomic E-state index is 0.411. The summed E-state index contributed by atoms with van der Waals surface area (Å²) in [5.74, 6) is -1.49. The Morgan fingerprint density at radius 2 is 1.70 bits per heavy atom. The Morgan fingerprint density at radius 1 is 1.20 bits per heavy atom. The van der Waals surface area contributed by atoms with E-state index in [0.717, 1.165) is 11.5 Å². The summed E-state index contributed by atoms with van der Waals surface area (Å²) in [5.41, 5.74) is -4.59. The number of rotatable bonds is 3. The number of halogens is 6. The fourth-order valence-electron chi connectivity index (χ4n) is 1.31. The predicted molar refractivity (Wildman–Crippen MR) is 59.1 cm³/mol. The Balaban J connectivity index is 3.33. The smallest absolute Gasteiger partial charge is 0.324 e. The summed E-state index contributed by atoms with van der Waals surface area (Å²) in [6.07, 6.45) is -10.5. The number of thiazole rings is 1. The number of nitrogens with zero attached hydrogens (tertiary/aromatic N) is 1.